The lowest BCUT2D eigenvalue weighted by atomic mass is 9.61. The summed E-state index contributed by atoms with van der Waals surface area (Å²) in [4.78, 5) is 0. The Morgan fingerprint density at radius 1 is 0.889 bits per heavy atom. The normalized spacial score (nSPS) is 25.2. The van der Waals surface area contributed by atoms with Gasteiger partial charge in [0.1, 0.15) is 0 Å². The molecule has 0 aliphatic heterocycles. The minimum Gasteiger partial charge on any atom is -0.0755 e. The van der Waals surface area contributed by atoms with Gasteiger partial charge in [0, 0.05) is 14.9 Å². The van der Waals surface area contributed by atoms with Crippen molar-refractivity contribution in [3.63, 3.8) is 0 Å². The largest absolute Gasteiger partial charge is 0.0755 e. The molecule has 134 valence electrons. The lowest BCUT2D eigenvalue weighted by molar-refractivity contribution is 0.246. The zero-order valence-electron chi connectivity index (χ0n) is 16.0. The van der Waals surface area contributed by atoms with E-state index >= 15 is 0 Å². The summed E-state index contributed by atoms with van der Waals surface area (Å²) in [7, 11) is 0. The summed E-state index contributed by atoms with van der Waals surface area (Å²) in [6, 6.07) is 22.3. The van der Waals surface area contributed by atoms with E-state index in [-0.39, 0.29) is 10.8 Å². The van der Waals surface area contributed by atoms with Crippen LogP contribution in [0.25, 0.3) is 16.3 Å². The molecule has 0 heterocycles. The van der Waals surface area contributed by atoms with Crippen molar-refractivity contribution in [3.05, 3.63) is 99.2 Å². The van der Waals surface area contributed by atoms with Crippen molar-refractivity contribution in [3.8, 4) is 0 Å². The minimum atomic E-state index is 0.0702. The summed E-state index contributed by atoms with van der Waals surface area (Å²) in [6.07, 6.45) is 7.33. The van der Waals surface area contributed by atoms with Gasteiger partial charge in [0.25, 0.3) is 0 Å². The third kappa shape index (κ3) is 2.34. The highest BCUT2D eigenvalue weighted by Gasteiger charge is 2.54. The molecule has 0 aromatic heterocycles. The van der Waals surface area contributed by atoms with Crippen LogP contribution in [0.1, 0.15) is 43.4 Å². The maximum Gasteiger partial charge on any atom is 0.0133 e. The molecule has 0 saturated heterocycles. The first-order chi connectivity index (χ1) is 12.9. The number of hydrogen-bond donors (Lipinski definition) is 0. The van der Waals surface area contributed by atoms with E-state index in [9.17, 15) is 0 Å². The molecule has 3 aromatic carbocycles. The van der Waals surface area contributed by atoms with Crippen LogP contribution in [0, 0.1) is 8.99 Å². The standard InChI is InChI=1S/C26H23I/c1-25(2)24-15-19(27)12-13-22(24)23-14-11-18(16-26(23,25)3)21-10-6-8-17-7-4-5-9-20(17)21/h4-16,23H,1-3H3. The van der Waals surface area contributed by atoms with Crippen LogP contribution in [0.5, 0.6) is 0 Å². The smallest absolute Gasteiger partial charge is 0.0133 e. The average Bonchev–Trinajstić information content (AvgIpc) is 2.84. The summed E-state index contributed by atoms with van der Waals surface area (Å²) >= 11 is 2.44. The van der Waals surface area contributed by atoms with Gasteiger partial charge in [0.15, 0.2) is 0 Å². The molecule has 1 heteroatoms. The lowest BCUT2D eigenvalue weighted by Gasteiger charge is -2.42. The van der Waals surface area contributed by atoms with Gasteiger partial charge < -0.3 is 0 Å². The first-order valence-electron chi connectivity index (χ1n) is 9.61. The third-order valence-corrected chi connectivity index (χ3v) is 7.71. The molecule has 2 aliphatic carbocycles. The zero-order chi connectivity index (χ0) is 18.8. The van der Waals surface area contributed by atoms with Gasteiger partial charge in [0.2, 0.25) is 0 Å². The number of benzene rings is 3. The van der Waals surface area contributed by atoms with E-state index in [0.717, 1.165) is 0 Å². The Bertz CT molecular complexity index is 1130. The van der Waals surface area contributed by atoms with Crippen molar-refractivity contribution >= 4 is 38.9 Å². The topological polar surface area (TPSA) is 0 Å². The van der Waals surface area contributed by atoms with Gasteiger partial charge >= 0.3 is 0 Å². The summed E-state index contributed by atoms with van der Waals surface area (Å²) in [5.41, 5.74) is 5.84. The van der Waals surface area contributed by atoms with Crippen LogP contribution in [0.2, 0.25) is 0 Å². The summed E-state index contributed by atoms with van der Waals surface area (Å²) in [5, 5.41) is 2.64. The molecular weight excluding hydrogens is 439 g/mol. The molecule has 2 unspecified atom stereocenters. The summed E-state index contributed by atoms with van der Waals surface area (Å²) < 4.78 is 1.32. The Hall–Kier alpha value is -1.87. The van der Waals surface area contributed by atoms with Crippen LogP contribution in [0.3, 0.4) is 0 Å². The van der Waals surface area contributed by atoms with Gasteiger partial charge in [0.05, 0.1) is 0 Å². The monoisotopic (exact) mass is 462 g/mol. The van der Waals surface area contributed by atoms with E-state index in [0.29, 0.717) is 5.92 Å². The fourth-order valence-electron chi connectivity index (χ4n) is 5.13. The predicted molar refractivity (Wildman–Crippen MR) is 124 cm³/mol. The van der Waals surface area contributed by atoms with Gasteiger partial charge in [-0.3, -0.25) is 0 Å². The number of fused-ring (bicyclic) bond motifs is 4. The molecule has 2 atom stereocenters. The SMILES string of the molecule is CC1(C)c2cc(I)ccc2C2C=CC(c3cccc4ccccc34)=CC21C. The Balaban J connectivity index is 1.71. The van der Waals surface area contributed by atoms with Gasteiger partial charge in [-0.05, 0) is 73.2 Å². The summed E-state index contributed by atoms with van der Waals surface area (Å²) in [6.45, 7) is 7.27. The van der Waals surface area contributed by atoms with Crippen molar-refractivity contribution in [1.29, 1.82) is 0 Å². The first-order valence-corrected chi connectivity index (χ1v) is 10.7. The highest BCUT2D eigenvalue weighted by Crippen LogP contribution is 2.62. The van der Waals surface area contributed by atoms with E-state index in [1.54, 1.807) is 0 Å². The molecular formula is C26H23I. The zero-order valence-corrected chi connectivity index (χ0v) is 18.1. The van der Waals surface area contributed by atoms with Crippen molar-refractivity contribution in [2.45, 2.75) is 32.1 Å². The summed E-state index contributed by atoms with van der Waals surface area (Å²) in [5.74, 6) is 0.443. The van der Waals surface area contributed by atoms with E-state index in [4.69, 9.17) is 0 Å². The average molecular weight is 462 g/mol. The fraction of sp³-hybridized carbons (Fsp3) is 0.231. The molecule has 0 amide bonds. The fourth-order valence-corrected chi connectivity index (χ4v) is 5.62. The van der Waals surface area contributed by atoms with Gasteiger partial charge in [-0.2, -0.15) is 0 Å². The second-order valence-corrected chi connectivity index (χ2v) is 9.85. The molecule has 0 spiro atoms. The highest BCUT2D eigenvalue weighted by molar-refractivity contribution is 14.1. The van der Waals surface area contributed by atoms with Gasteiger partial charge in [-0.15, -0.1) is 0 Å². The molecule has 0 saturated carbocycles. The third-order valence-electron chi connectivity index (χ3n) is 7.04. The van der Waals surface area contributed by atoms with E-state index < -0.39 is 0 Å². The van der Waals surface area contributed by atoms with Crippen LogP contribution in [0.15, 0.2) is 78.9 Å². The molecule has 2 aliphatic rings. The number of allylic oxidation sites excluding steroid dienone is 4. The number of rotatable bonds is 1. The molecule has 5 rings (SSSR count). The minimum absolute atomic E-state index is 0.0702. The maximum absolute atomic E-state index is 2.55. The second-order valence-electron chi connectivity index (χ2n) is 8.60. The van der Waals surface area contributed by atoms with Crippen LogP contribution >= 0.6 is 22.6 Å². The Morgan fingerprint density at radius 2 is 1.67 bits per heavy atom. The second kappa shape index (κ2) is 5.81. The van der Waals surface area contributed by atoms with Crippen molar-refractivity contribution in [1.82, 2.24) is 0 Å². The van der Waals surface area contributed by atoms with Gasteiger partial charge in [-0.1, -0.05) is 87.5 Å². The van der Waals surface area contributed by atoms with Crippen LogP contribution < -0.4 is 0 Å². The molecule has 0 nitrogen and oxygen atoms in total. The Labute approximate surface area is 175 Å². The molecule has 0 bridgehead atoms. The van der Waals surface area contributed by atoms with Crippen molar-refractivity contribution in [2.75, 3.05) is 0 Å². The lowest BCUT2D eigenvalue weighted by Crippen LogP contribution is -2.36. The molecule has 27 heavy (non-hydrogen) atoms. The number of hydrogen-bond acceptors (Lipinski definition) is 0. The van der Waals surface area contributed by atoms with Crippen LogP contribution in [-0.4, -0.2) is 0 Å². The first kappa shape index (κ1) is 17.2. The van der Waals surface area contributed by atoms with E-state index in [1.165, 1.54) is 36.6 Å². The van der Waals surface area contributed by atoms with Crippen LogP contribution in [0.4, 0.5) is 0 Å². The Kier molecular flexibility index (Phi) is 3.71. The van der Waals surface area contributed by atoms with Gasteiger partial charge in [-0.25, -0.2) is 0 Å². The van der Waals surface area contributed by atoms with Crippen molar-refractivity contribution < 1.29 is 0 Å². The Morgan fingerprint density at radius 3 is 2.52 bits per heavy atom. The molecule has 3 aromatic rings. The van der Waals surface area contributed by atoms with E-state index in [2.05, 4.69) is 122 Å². The van der Waals surface area contributed by atoms with E-state index in [1.807, 2.05) is 0 Å². The molecule has 0 fully saturated rings. The predicted octanol–water partition coefficient (Wildman–Crippen LogP) is 7.48. The van der Waals surface area contributed by atoms with Crippen molar-refractivity contribution in [2.24, 2.45) is 5.41 Å². The molecule has 0 radical (unpaired) electrons. The quantitative estimate of drug-likeness (QED) is 0.329. The maximum atomic E-state index is 2.55. The van der Waals surface area contributed by atoms with Crippen LogP contribution in [-0.2, 0) is 5.41 Å². The number of halogens is 1. The highest BCUT2D eigenvalue weighted by atomic mass is 127. The molecule has 0 N–H and O–H groups in total.